The normalized spacial score (nSPS) is 14.6. The fourth-order valence-electron chi connectivity index (χ4n) is 3.24. The molecule has 0 unspecified atom stereocenters. The van der Waals surface area contributed by atoms with E-state index >= 15 is 0 Å². The Balaban J connectivity index is 2.18. The molecule has 1 heterocycles. The molecule has 162 valence electrons. The number of methoxy groups -OCH3 is 2. The van der Waals surface area contributed by atoms with Gasteiger partial charge in [-0.15, -0.1) is 0 Å². The lowest BCUT2D eigenvalue weighted by atomic mass is 9.83. The number of alkyl halides is 3. The van der Waals surface area contributed by atoms with Crippen molar-refractivity contribution in [2.75, 3.05) is 19.1 Å². The second-order valence-corrected chi connectivity index (χ2v) is 7.03. The minimum absolute atomic E-state index is 0.0464. The lowest BCUT2D eigenvalue weighted by Gasteiger charge is -2.30. The summed E-state index contributed by atoms with van der Waals surface area (Å²) in [4.78, 5) is 26.4. The molecule has 2 aromatic carbocycles. The van der Waals surface area contributed by atoms with Crippen LogP contribution in [0.15, 0.2) is 72.1 Å². The van der Waals surface area contributed by atoms with Gasteiger partial charge in [-0.25, -0.2) is 9.59 Å². The van der Waals surface area contributed by atoms with Crippen molar-refractivity contribution in [3.63, 3.8) is 0 Å². The molecule has 0 fully saturated rings. The molecule has 0 atom stereocenters. The number of ether oxygens (including phenoxy) is 2. The zero-order valence-corrected chi connectivity index (χ0v) is 17.2. The lowest BCUT2D eigenvalue weighted by Crippen LogP contribution is -2.28. The van der Waals surface area contributed by atoms with Crippen LogP contribution in [-0.4, -0.2) is 26.2 Å². The van der Waals surface area contributed by atoms with Gasteiger partial charge in [-0.05, 0) is 35.9 Å². The Morgan fingerprint density at radius 1 is 0.935 bits per heavy atom. The third-order valence-electron chi connectivity index (χ3n) is 4.70. The smallest absolute Gasteiger partial charge is 0.416 e. The second kappa shape index (κ2) is 8.85. The minimum Gasteiger partial charge on any atom is -0.466 e. The fourth-order valence-corrected chi connectivity index (χ4v) is 3.36. The number of hydrogen-bond donors (Lipinski definition) is 0. The molecule has 0 bridgehead atoms. The van der Waals surface area contributed by atoms with Crippen molar-refractivity contribution < 1.29 is 32.2 Å². The number of halogens is 4. The molecule has 0 aromatic heterocycles. The van der Waals surface area contributed by atoms with Gasteiger partial charge in [0.15, 0.2) is 0 Å². The molecule has 0 saturated carbocycles. The Bertz CT molecular complexity index is 1030. The molecule has 2 aromatic rings. The molecule has 0 radical (unpaired) electrons. The third-order valence-corrected chi connectivity index (χ3v) is 4.95. The van der Waals surface area contributed by atoms with Gasteiger partial charge < -0.3 is 14.4 Å². The molecule has 1 aliphatic heterocycles. The number of carbonyl (C=O) groups is 2. The molecule has 1 aliphatic rings. The van der Waals surface area contributed by atoms with Crippen molar-refractivity contribution in [2.24, 2.45) is 0 Å². The fraction of sp³-hybridized carbons (Fsp3) is 0.182. The van der Waals surface area contributed by atoms with Gasteiger partial charge in [0.1, 0.15) is 0 Å². The van der Waals surface area contributed by atoms with E-state index in [1.165, 1.54) is 43.7 Å². The monoisotopic (exact) mass is 451 g/mol. The summed E-state index contributed by atoms with van der Waals surface area (Å²) in [5, 5.41) is 0.456. The second-order valence-electron chi connectivity index (χ2n) is 6.59. The van der Waals surface area contributed by atoms with Crippen LogP contribution in [0.1, 0.15) is 17.0 Å². The van der Waals surface area contributed by atoms with Crippen molar-refractivity contribution in [3.05, 3.63) is 88.2 Å². The van der Waals surface area contributed by atoms with Gasteiger partial charge in [-0.2, -0.15) is 13.2 Å². The van der Waals surface area contributed by atoms with Gasteiger partial charge in [0.25, 0.3) is 0 Å². The first kappa shape index (κ1) is 22.4. The van der Waals surface area contributed by atoms with E-state index in [-0.39, 0.29) is 16.8 Å². The molecule has 0 aliphatic carbocycles. The SMILES string of the molecule is COC(=O)C1=CN(c2cccc(C(F)(F)F)c2)C=C(C(=O)OC)C1c1ccc(Cl)cc1. The van der Waals surface area contributed by atoms with Crippen LogP contribution in [0.4, 0.5) is 18.9 Å². The lowest BCUT2D eigenvalue weighted by molar-refractivity contribution is -0.138. The summed E-state index contributed by atoms with van der Waals surface area (Å²) in [6.07, 6.45) is -1.87. The number of benzene rings is 2. The van der Waals surface area contributed by atoms with Crippen molar-refractivity contribution >= 4 is 29.2 Å². The van der Waals surface area contributed by atoms with Crippen molar-refractivity contribution in [1.29, 1.82) is 0 Å². The maximum Gasteiger partial charge on any atom is 0.416 e. The standard InChI is InChI=1S/C22H17ClF3NO4/c1-30-20(28)17-11-27(16-5-3-4-14(10-16)22(24,25)26)12-18(21(29)31-2)19(17)13-6-8-15(23)9-7-13/h3-12,19H,1-2H3. The van der Waals surface area contributed by atoms with Crippen LogP contribution in [0.2, 0.25) is 5.02 Å². The first-order valence-corrected chi connectivity index (χ1v) is 9.34. The Morgan fingerprint density at radius 2 is 1.48 bits per heavy atom. The molecule has 0 N–H and O–H groups in total. The van der Waals surface area contributed by atoms with Gasteiger partial charge in [0.2, 0.25) is 0 Å². The van der Waals surface area contributed by atoms with E-state index in [1.54, 1.807) is 24.3 Å². The molecule has 5 nitrogen and oxygen atoms in total. The largest absolute Gasteiger partial charge is 0.466 e. The van der Waals surface area contributed by atoms with Crippen LogP contribution in [-0.2, 0) is 25.2 Å². The molecule has 31 heavy (non-hydrogen) atoms. The van der Waals surface area contributed by atoms with E-state index in [2.05, 4.69) is 0 Å². The number of hydrogen-bond acceptors (Lipinski definition) is 5. The Labute approximate surface area is 181 Å². The van der Waals surface area contributed by atoms with E-state index in [0.717, 1.165) is 12.1 Å². The summed E-state index contributed by atoms with van der Waals surface area (Å²) in [6.45, 7) is 0. The highest BCUT2D eigenvalue weighted by Gasteiger charge is 2.36. The Hall–Kier alpha value is -3.26. The van der Waals surface area contributed by atoms with Gasteiger partial charge in [-0.3, -0.25) is 0 Å². The van der Waals surface area contributed by atoms with Gasteiger partial charge in [0, 0.05) is 23.1 Å². The average molecular weight is 452 g/mol. The Kier molecular flexibility index (Phi) is 6.40. The quantitative estimate of drug-likeness (QED) is 0.607. The zero-order valence-electron chi connectivity index (χ0n) is 16.4. The van der Waals surface area contributed by atoms with Crippen LogP contribution in [0, 0.1) is 0 Å². The van der Waals surface area contributed by atoms with Crippen LogP contribution >= 0.6 is 11.6 Å². The van der Waals surface area contributed by atoms with Gasteiger partial charge >= 0.3 is 18.1 Å². The number of anilines is 1. The van der Waals surface area contributed by atoms with E-state index in [0.29, 0.717) is 10.6 Å². The number of carbonyl (C=O) groups excluding carboxylic acids is 2. The summed E-state index contributed by atoms with van der Waals surface area (Å²) in [6, 6.07) is 11.0. The van der Waals surface area contributed by atoms with Crippen LogP contribution in [0.5, 0.6) is 0 Å². The molecular formula is C22H17ClF3NO4. The Morgan fingerprint density at radius 3 is 1.97 bits per heavy atom. The van der Waals surface area contributed by atoms with Crippen LogP contribution in [0.3, 0.4) is 0 Å². The maximum absolute atomic E-state index is 13.2. The summed E-state index contributed by atoms with van der Waals surface area (Å²) in [7, 11) is 2.35. The summed E-state index contributed by atoms with van der Waals surface area (Å²) in [5.41, 5.74) is -0.116. The average Bonchev–Trinajstić information content (AvgIpc) is 2.77. The van der Waals surface area contributed by atoms with E-state index in [9.17, 15) is 22.8 Å². The number of esters is 2. The summed E-state index contributed by atoms with van der Waals surface area (Å²) < 4.78 is 49.2. The molecule has 0 saturated heterocycles. The van der Waals surface area contributed by atoms with Gasteiger partial charge in [0.05, 0.1) is 36.8 Å². The van der Waals surface area contributed by atoms with Gasteiger partial charge in [-0.1, -0.05) is 29.8 Å². The molecule has 0 spiro atoms. The van der Waals surface area contributed by atoms with E-state index in [1.807, 2.05) is 0 Å². The molecule has 0 amide bonds. The first-order chi connectivity index (χ1) is 14.7. The zero-order chi connectivity index (χ0) is 22.8. The maximum atomic E-state index is 13.2. The molecular weight excluding hydrogens is 435 g/mol. The van der Waals surface area contributed by atoms with Crippen molar-refractivity contribution in [3.8, 4) is 0 Å². The summed E-state index contributed by atoms with van der Waals surface area (Å²) >= 11 is 5.95. The molecule has 3 rings (SSSR count). The van der Waals surface area contributed by atoms with Crippen LogP contribution < -0.4 is 4.90 Å². The number of rotatable bonds is 4. The highest BCUT2D eigenvalue weighted by molar-refractivity contribution is 6.30. The predicted octanol–water partition coefficient (Wildman–Crippen LogP) is 5.08. The third kappa shape index (κ3) is 4.74. The van der Waals surface area contributed by atoms with Crippen molar-refractivity contribution in [2.45, 2.75) is 12.1 Å². The van der Waals surface area contributed by atoms with E-state index in [4.69, 9.17) is 21.1 Å². The first-order valence-electron chi connectivity index (χ1n) is 8.97. The number of nitrogens with zero attached hydrogens (tertiary/aromatic N) is 1. The molecule has 9 heteroatoms. The predicted molar refractivity (Wildman–Crippen MR) is 108 cm³/mol. The highest BCUT2D eigenvalue weighted by Crippen LogP contribution is 2.39. The van der Waals surface area contributed by atoms with E-state index < -0.39 is 29.6 Å². The summed E-state index contributed by atoms with van der Waals surface area (Å²) in [5.74, 6) is -2.35. The van der Waals surface area contributed by atoms with Crippen LogP contribution in [0.25, 0.3) is 0 Å². The minimum atomic E-state index is -4.55. The highest BCUT2D eigenvalue weighted by atomic mass is 35.5. The van der Waals surface area contributed by atoms with Crippen molar-refractivity contribution in [1.82, 2.24) is 0 Å². The topological polar surface area (TPSA) is 55.8 Å².